The van der Waals surface area contributed by atoms with E-state index in [1.54, 1.807) is 6.07 Å². The summed E-state index contributed by atoms with van der Waals surface area (Å²) in [6.07, 6.45) is 2.63. The number of aromatic amines is 2. The topological polar surface area (TPSA) is 57.9 Å². The first-order valence-corrected chi connectivity index (χ1v) is 4.68. The van der Waals surface area contributed by atoms with Crippen molar-refractivity contribution < 1.29 is 9.53 Å². The third-order valence-electron chi connectivity index (χ3n) is 2.19. The quantitative estimate of drug-likeness (QED) is 0.748. The van der Waals surface area contributed by atoms with Crippen molar-refractivity contribution in [3.8, 4) is 0 Å². The van der Waals surface area contributed by atoms with Crippen molar-refractivity contribution in [2.75, 3.05) is 7.11 Å². The Hall–Kier alpha value is -1.97. The number of nitrogens with one attached hydrogen (secondary N) is 2. The number of hydrogen-bond acceptors (Lipinski definition) is 2. The number of aromatic nitrogens is 2. The van der Waals surface area contributed by atoms with Crippen LogP contribution in [0.2, 0.25) is 0 Å². The lowest BCUT2D eigenvalue weighted by atomic mass is 10.2. The van der Waals surface area contributed by atoms with E-state index in [0.717, 1.165) is 17.8 Å². The number of rotatable bonds is 3. The maximum atomic E-state index is 11.2. The minimum Gasteiger partial charge on any atom is -0.464 e. The lowest BCUT2D eigenvalue weighted by Crippen LogP contribution is -2.01. The van der Waals surface area contributed by atoms with Gasteiger partial charge in [0.1, 0.15) is 5.69 Å². The number of ether oxygens (including phenoxy) is 1. The number of H-pyrrole nitrogens is 2. The molecule has 78 valence electrons. The van der Waals surface area contributed by atoms with Crippen molar-refractivity contribution in [3.05, 3.63) is 47.5 Å². The number of hydrogen-bond donors (Lipinski definition) is 2. The molecule has 2 heterocycles. The second-order valence-corrected chi connectivity index (χ2v) is 3.26. The Morgan fingerprint density at radius 1 is 1.33 bits per heavy atom. The van der Waals surface area contributed by atoms with Crippen LogP contribution >= 0.6 is 0 Å². The van der Waals surface area contributed by atoms with Crippen LogP contribution in [-0.2, 0) is 11.2 Å². The van der Waals surface area contributed by atoms with Crippen LogP contribution in [0.1, 0.15) is 21.9 Å². The van der Waals surface area contributed by atoms with E-state index < -0.39 is 0 Å². The van der Waals surface area contributed by atoms with E-state index in [0.29, 0.717) is 5.69 Å². The summed E-state index contributed by atoms with van der Waals surface area (Å²) in [4.78, 5) is 17.3. The van der Waals surface area contributed by atoms with Crippen molar-refractivity contribution >= 4 is 5.97 Å². The molecule has 15 heavy (non-hydrogen) atoms. The standard InChI is InChI=1S/C11H12N2O2/c1-15-11(14)10-5-4-9(13-10)7-8-3-2-6-12-8/h2-6,12-13H,7H2,1H3. The van der Waals surface area contributed by atoms with Gasteiger partial charge in [-0.25, -0.2) is 4.79 Å². The third-order valence-corrected chi connectivity index (χ3v) is 2.19. The number of carbonyl (C=O) groups excluding carboxylic acids is 1. The van der Waals surface area contributed by atoms with Crippen molar-refractivity contribution in [2.24, 2.45) is 0 Å². The lowest BCUT2D eigenvalue weighted by molar-refractivity contribution is 0.0594. The van der Waals surface area contributed by atoms with Crippen LogP contribution in [0.15, 0.2) is 30.5 Å². The molecule has 0 atom stereocenters. The molecule has 0 fully saturated rings. The SMILES string of the molecule is COC(=O)c1ccc(Cc2ccc[nH]2)[nH]1. The third kappa shape index (κ3) is 2.10. The van der Waals surface area contributed by atoms with Crippen molar-refractivity contribution in [3.63, 3.8) is 0 Å². The van der Waals surface area contributed by atoms with Gasteiger partial charge in [0.2, 0.25) is 0 Å². The fourth-order valence-electron chi connectivity index (χ4n) is 1.46. The summed E-state index contributed by atoms with van der Waals surface area (Å²) in [5.74, 6) is -0.340. The molecule has 4 heteroatoms. The molecule has 2 aromatic heterocycles. The maximum absolute atomic E-state index is 11.2. The Morgan fingerprint density at radius 2 is 2.20 bits per heavy atom. The summed E-state index contributed by atoms with van der Waals surface area (Å²) >= 11 is 0. The largest absolute Gasteiger partial charge is 0.464 e. The van der Waals surface area contributed by atoms with Gasteiger partial charge in [0.25, 0.3) is 0 Å². The van der Waals surface area contributed by atoms with Crippen molar-refractivity contribution in [1.29, 1.82) is 0 Å². The first-order chi connectivity index (χ1) is 7.29. The van der Waals surface area contributed by atoms with Crippen LogP contribution < -0.4 is 0 Å². The summed E-state index contributed by atoms with van der Waals surface area (Å²) in [6.45, 7) is 0. The Balaban J connectivity index is 2.11. The predicted molar refractivity (Wildman–Crippen MR) is 55.7 cm³/mol. The van der Waals surface area contributed by atoms with E-state index in [2.05, 4.69) is 14.7 Å². The van der Waals surface area contributed by atoms with Gasteiger partial charge < -0.3 is 14.7 Å². The van der Waals surface area contributed by atoms with Gasteiger partial charge in [0.05, 0.1) is 7.11 Å². The molecule has 0 saturated carbocycles. The minimum absolute atomic E-state index is 0.340. The molecule has 0 bridgehead atoms. The zero-order valence-corrected chi connectivity index (χ0v) is 8.41. The Morgan fingerprint density at radius 3 is 2.87 bits per heavy atom. The molecule has 0 radical (unpaired) electrons. The van der Waals surface area contributed by atoms with E-state index in [4.69, 9.17) is 0 Å². The number of carbonyl (C=O) groups is 1. The van der Waals surface area contributed by atoms with Crippen LogP contribution in [0.5, 0.6) is 0 Å². The van der Waals surface area contributed by atoms with Crippen LogP contribution in [0.25, 0.3) is 0 Å². The summed E-state index contributed by atoms with van der Waals surface area (Å²) in [5.41, 5.74) is 2.57. The van der Waals surface area contributed by atoms with E-state index in [9.17, 15) is 4.79 Å². The average molecular weight is 204 g/mol. The van der Waals surface area contributed by atoms with E-state index >= 15 is 0 Å². The molecule has 0 spiro atoms. The fraction of sp³-hybridized carbons (Fsp3) is 0.182. The van der Waals surface area contributed by atoms with Gasteiger partial charge in [-0.1, -0.05) is 0 Å². The van der Waals surface area contributed by atoms with Gasteiger partial charge in [-0.3, -0.25) is 0 Å². The summed E-state index contributed by atoms with van der Waals surface area (Å²) < 4.78 is 4.61. The molecule has 2 rings (SSSR count). The Kier molecular flexibility index (Phi) is 2.58. The highest BCUT2D eigenvalue weighted by atomic mass is 16.5. The highest BCUT2D eigenvalue weighted by Gasteiger charge is 2.07. The number of methoxy groups -OCH3 is 1. The van der Waals surface area contributed by atoms with Gasteiger partial charge in [0, 0.05) is 24.0 Å². The highest BCUT2D eigenvalue weighted by molar-refractivity contribution is 5.87. The first-order valence-electron chi connectivity index (χ1n) is 4.68. The molecular formula is C11H12N2O2. The predicted octanol–water partition coefficient (Wildman–Crippen LogP) is 1.72. The van der Waals surface area contributed by atoms with Crippen LogP contribution in [0, 0.1) is 0 Å². The Labute approximate surface area is 87.3 Å². The molecule has 0 aliphatic heterocycles. The van der Waals surface area contributed by atoms with Crippen molar-refractivity contribution in [2.45, 2.75) is 6.42 Å². The highest BCUT2D eigenvalue weighted by Crippen LogP contribution is 2.08. The second kappa shape index (κ2) is 4.04. The van der Waals surface area contributed by atoms with Gasteiger partial charge >= 0.3 is 5.97 Å². The van der Waals surface area contributed by atoms with Gasteiger partial charge in [-0.2, -0.15) is 0 Å². The summed E-state index contributed by atoms with van der Waals surface area (Å²) in [7, 11) is 1.37. The smallest absolute Gasteiger partial charge is 0.354 e. The van der Waals surface area contributed by atoms with Crippen LogP contribution in [0.4, 0.5) is 0 Å². The Bertz CT molecular complexity index is 443. The second-order valence-electron chi connectivity index (χ2n) is 3.26. The first kappa shape index (κ1) is 9.58. The molecule has 0 unspecified atom stereocenters. The monoisotopic (exact) mass is 204 g/mol. The maximum Gasteiger partial charge on any atom is 0.354 e. The van der Waals surface area contributed by atoms with Crippen LogP contribution in [-0.4, -0.2) is 23.0 Å². The van der Waals surface area contributed by atoms with Gasteiger partial charge in [0.15, 0.2) is 0 Å². The summed E-state index contributed by atoms with van der Waals surface area (Å²) in [6, 6.07) is 7.55. The molecular weight excluding hydrogens is 192 g/mol. The fourth-order valence-corrected chi connectivity index (χ4v) is 1.46. The molecule has 4 nitrogen and oxygen atoms in total. The van der Waals surface area contributed by atoms with Crippen molar-refractivity contribution in [1.82, 2.24) is 9.97 Å². The van der Waals surface area contributed by atoms with Gasteiger partial charge in [-0.05, 0) is 24.3 Å². The molecule has 0 amide bonds. The van der Waals surface area contributed by atoms with E-state index in [1.165, 1.54) is 7.11 Å². The molecule has 2 aromatic rings. The van der Waals surface area contributed by atoms with Gasteiger partial charge in [-0.15, -0.1) is 0 Å². The van der Waals surface area contributed by atoms with E-state index in [1.807, 2.05) is 24.4 Å². The summed E-state index contributed by atoms with van der Waals surface area (Å²) in [5, 5.41) is 0. The minimum atomic E-state index is -0.340. The average Bonchev–Trinajstić information content (AvgIpc) is 2.88. The number of esters is 1. The zero-order chi connectivity index (χ0) is 10.7. The molecule has 0 saturated heterocycles. The molecule has 0 aliphatic carbocycles. The molecule has 0 aliphatic rings. The normalized spacial score (nSPS) is 10.2. The van der Waals surface area contributed by atoms with E-state index in [-0.39, 0.29) is 5.97 Å². The molecule has 2 N–H and O–H groups in total. The zero-order valence-electron chi connectivity index (χ0n) is 8.41. The molecule has 0 aromatic carbocycles. The van der Waals surface area contributed by atoms with Crippen LogP contribution in [0.3, 0.4) is 0 Å². The lowest BCUT2D eigenvalue weighted by Gasteiger charge is -1.96.